The first-order chi connectivity index (χ1) is 13.7. The van der Waals surface area contributed by atoms with Crippen molar-refractivity contribution >= 4 is 23.5 Å². The van der Waals surface area contributed by atoms with E-state index in [4.69, 9.17) is 4.74 Å². The molecule has 8 heteroatoms. The smallest absolute Gasteiger partial charge is 0.306 e. The van der Waals surface area contributed by atoms with Gasteiger partial charge in [-0.25, -0.2) is 5.01 Å². The molecule has 0 radical (unpaired) electrons. The summed E-state index contributed by atoms with van der Waals surface area (Å²) in [6.07, 6.45) is 0.473. The van der Waals surface area contributed by atoms with Crippen LogP contribution in [0.5, 0.6) is 0 Å². The number of ether oxygens (including phenoxy) is 1. The van der Waals surface area contributed by atoms with Gasteiger partial charge in [-0.05, 0) is 18.4 Å². The summed E-state index contributed by atoms with van der Waals surface area (Å²) in [6, 6.07) is 11.7. The van der Waals surface area contributed by atoms with Crippen LogP contribution < -0.4 is 5.32 Å². The molecule has 2 rings (SSSR count). The SMILES string of the molecule is CC(C)[C@](C)(C#N)NC(=O)COC(=O)CCC(=O)N1CCC(c2ccccc2)=N1. The lowest BCUT2D eigenvalue weighted by molar-refractivity contribution is -0.150. The predicted molar refractivity (Wildman–Crippen MR) is 107 cm³/mol. The Hall–Kier alpha value is -3.21. The molecule has 1 aromatic rings. The lowest BCUT2D eigenvalue weighted by atomic mass is 9.90. The van der Waals surface area contributed by atoms with Gasteiger partial charge in [0.2, 0.25) is 5.91 Å². The maximum Gasteiger partial charge on any atom is 0.306 e. The highest BCUT2D eigenvalue weighted by Gasteiger charge is 2.30. The molecule has 0 spiro atoms. The Morgan fingerprint density at radius 1 is 1.28 bits per heavy atom. The number of hydrazone groups is 1. The van der Waals surface area contributed by atoms with E-state index in [2.05, 4.69) is 10.4 Å². The van der Waals surface area contributed by atoms with Crippen molar-refractivity contribution in [2.75, 3.05) is 13.2 Å². The van der Waals surface area contributed by atoms with Gasteiger partial charge in [0, 0.05) is 12.8 Å². The van der Waals surface area contributed by atoms with Crippen LogP contribution in [0.3, 0.4) is 0 Å². The van der Waals surface area contributed by atoms with Gasteiger partial charge in [0.05, 0.1) is 24.7 Å². The second-order valence-corrected chi connectivity index (χ2v) is 7.36. The summed E-state index contributed by atoms with van der Waals surface area (Å²) in [7, 11) is 0. The topological polar surface area (TPSA) is 112 Å². The number of nitrogens with zero attached hydrogens (tertiary/aromatic N) is 3. The summed E-state index contributed by atoms with van der Waals surface area (Å²) in [5.74, 6) is -1.58. The van der Waals surface area contributed by atoms with Crippen molar-refractivity contribution in [3.63, 3.8) is 0 Å². The second-order valence-electron chi connectivity index (χ2n) is 7.36. The van der Waals surface area contributed by atoms with E-state index < -0.39 is 24.0 Å². The van der Waals surface area contributed by atoms with Crippen molar-refractivity contribution in [1.29, 1.82) is 5.26 Å². The van der Waals surface area contributed by atoms with Gasteiger partial charge >= 0.3 is 5.97 Å². The van der Waals surface area contributed by atoms with E-state index in [0.717, 1.165) is 11.3 Å². The Bertz CT molecular complexity index is 829. The Balaban J connectivity index is 1.75. The number of amides is 2. The molecule has 154 valence electrons. The van der Waals surface area contributed by atoms with Crippen molar-refractivity contribution in [3.05, 3.63) is 35.9 Å². The molecule has 0 saturated heterocycles. The number of nitriles is 1. The minimum atomic E-state index is -1.04. The molecule has 1 atom stereocenters. The van der Waals surface area contributed by atoms with Crippen molar-refractivity contribution in [2.45, 2.75) is 45.6 Å². The van der Waals surface area contributed by atoms with E-state index in [1.165, 1.54) is 5.01 Å². The van der Waals surface area contributed by atoms with Crippen molar-refractivity contribution < 1.29 is 19.1 Å². The third-order valence-corrected chi connectivity index (χ3v) is 4.89. The van der Waals surface area contributed by atoms with E-state index in [9.17, 15) is 19.6 Å². The molecule has 1 aliphatic rings. The van der Waals surface area contributed by atoms with Crippen LogP contribution in [-0.4, -0.2) is 47.2 Å². The average molecular weight is 398 g/mol. The van der Waals surface area contributed by atoms with Crippen LogP contribution in [0.2, 0.25) is 0 Å². The first kappa shape index (κ1) is 22.1. The predicted octanol–water partition coefficient (Wildman–Crippen LogP) is 2.00. The number of carbonyl (C=O) groups excluding carboxylic acids is 3. The van der Waals surface area contributed by atoms with Gasteiger partial charge < -0.3 is 10.1 Å². The van der Waals surface area contributed by atoms with Crippen LogP contribution in [-0.2, 0) is 19.1 Å². The van der Waals surface area contributed by atoms with E-state index >= 15 is 0 Å². The standard InChI is InChI=1S/C21H26N4O4/c1-15(2)21(3,14-22)23-18(26)13-29-20(28)10-9-19(27)25-12-11-17(24-25)16-7-5-4-6-8-16/h4-8,15H,9-13H2,1-3H3,(H,23,26)/t21-/m0/s1. The Kier molecular flexibility index (Phi) is 7.48. The highest BCUT2D eigenvalue weighted by molar-refractivity contribution is 6.02. The molecule has 1 heterocycles. The molecule has 0 bridgehead atoms. The number of nitrogens with one attached hydrogen (secondary N) is 1. The fourth-order valence-corrected chi connectivity index (χ4v) is 2.65. The van der Waals surface area contributed by atoms with Crippen LogP contribution in [0.4, 0.5) is 0 Å². The zero-order chi connectivity index (χ0) is 21.4. The number of benzene rings is 1. The Morgan fingerprint density at radius 3 is 2.59 bits per heavy atom. The lowest BCUT2D eigenvalue weighted by Crippen LogP contribution is -2.50. The largest absolute Gasteiger partial charge is 0.456 e. The summed E-state index contributed by atoms with van der Waals surface area (Å²) in [5.41, 5.74) is 0.770. The molecule has 2 amide bonds. The first-order valence-electron chi connectivity index (χ1n) is 9.56. The van der Waals surface area contributed by atoms with E-state index in [1.54, 1.807) is 6.92 Å². The van der Waals surface area contributed by atoms with Crippen molar-refractivity contribution in [1.82, 2.24) is 10.3 Å². The zero-order valence-electron chi connectivity index (χ0n) is 17.0. The summed E-state index contributed by atoms with van der Waals surface area (Å²) in [5, 5.41) is 17.4. The fraction of sp³-hybridized carbons (Fsp3) is 0.476. The van der Waals surface area contributed by atoms with Crippen molar-refractivity contribution in [2.24, 2.45) is 11.0 Å². The summed E-state index contributed by atoms with van der Waals surface area (Å²) in [6.45, 7) is 5.21. The maximum absolute atomic E-state index is 12.3. The molecule has 29 heavy (non-hydrogen) atoms. The van der Waals surface area contributed by atoms with Gasteiger partial charge in [0.15, 0.2) is 6.61 Å². The van der Waals surface area contributed by atoms with Gasteiger partial charge in [0.1, 0.15) is 5.54 Å². The number of esters is 1. The van der Waals surface area contributed by atoms with Gasteiger partial charge in [-0.15, -0.1) is 0 Å². The van der Waals surface area contributed by atoms with Gasteiger partial charge in [0.25, 0.3) is 5.91 Å². The lowest BCUT2D eigenvalue weighted by Gasteiger charge is -2.27. The van der Waals surface area contributed by atoms with Crippen molar-refractivity contribution in [3.8, 4) is 6.07 Å². The van der Waals surface area contributed by atoms with Crippen LogP contribution in [0.1, 0.15) is 45.6 Å². The van der Waals surface area contributed by atoms with Gasteiger partial charge in [-0.1, -0.05) is 44.2 Å². The minimum Gasteiger partial charge on any atom is -0.456 e. The normalized spacial score (nSPS) is 15.3. The summed E-state index contributed by atoms with van der Waals surface area (Å²) in [4.78, 5) is 36.0. The fourth-order valence-electron chi connectivity index (χ4n) is 2.65. The van der Waals surface area contributed by atoms with E-state index in [0.29, 0.717) is 13.0 Å². The number of rotatable bonds is 8. The molecular formula is C21H26N4O4. The molecular weight excluding hydrogens is 372 g/mol. The third-order valence-electron chi connectivity index (χ3n) is 4.89. The molecule has 0 aliphatic carbocycles. The van der Waals surface area contributed by atoms with Gasteiger partial charge in [-0.2, -0.15) is 10.4 Å². The average Bonchev–Trinajstić information content (AvgIpc) is 3.21. The Morgan fingerprint density at radius 2 is 1.97 bits per heavy atom. The molecule has 1 aromatic carbocycles. The maximum atomic E-state index is 12.3. The van der Waals surface area contributed by atoms with Crippen LogP contribution in [0, 0.1) is 17.2 Å². The molecule has 1 aliphatic heterocycles. The molecule has 0 saturated carbocycles. The molecule has 0 aromatic heterocycles. The van der Waals surface area contributed by atoms with E-state index in [1.807, 2.05) is 50.2 Å². The van der Waals surface area contributed by atoms with Crippen LogP contribution >= 0.6 is 0 Å². The minimum absolute atomic E-state index is 0.0477. The van der Waals surface area contributed by atoms with E-state index in [-0.39, 0.29) is 24.7 Å². The molecule has 1 N–H and O–H groups in total. The first-order valence-corrected chi connectivity index (χ1v) is 9.56. The molecule has 0 fully saturated rings. The number of hydrogen-bond donors (Lipinski definition) is 1. The third kappa shape index (κ3) is 6.14. The van der Waals surface area contributed by atoms with Crippen LogP contribution in [0.15, 0.2) is 35.4 Å². The highest BCUT2D eigenvalue weighted by atomic mass is 16.5. The van der Waals surface area contributed by atoms with Gasteiger partial charge in [-0.3, -0.25) is 14.4 Å². The summed E-state index contributed by atoms with van der Waals surface area (Å²) < 4.78 is 4.91. The second kappa shape index (κ2) is 9.82. The van der Waals surface area contributed by atoms with Crippen LogP contribution in [0.25, 0.3) is 0 Å². The number of hydrogen-bond acceptors (Lipinski definition) is 6. The molecule has 8 nitrogen and oxygen atoms in total. The molecule has 0 unspecified atom stereocenters. The summed E-state index contributed by atoms with van der Waals surface area (Å²) >= 11 is 0. The Labute approximate surface area is 170 Å². The number of carbonyl (C=O) groups is 3. The quantitative estimate of drug-likeness (QED) is 0.673. The monoisotopic (exact) mass is 398 g/mol. The highest BCUT2D eigenvalue weighted by Crippen LogP contribution is 2.16. The zero-order valence-corrected chi connectivity index (χ0v) is 17.0.